The lowest BCUT2D eigenvalue weighted by atomic mass is 10.2. The van der Waals surface area contributed by atoms with Crippen LogP contribution in [-0.4, -0.2) is 22.7 Å². The number of carbonyl (C=O) groups excluding carboxylic acids is 1. The van der Waals surface area contributed by atoms with Crippen molar-refractivity contribution in [3.63, 3.8) is 0 Å². The number of aromatic nitrogens is 1. The molecule has 1 heterocycles. The SMILES string of the molecule is CCOC(=O)c1cc(Cl)cnc1CO. The summed E-state index contributed by atoms with van der Waals surface area (Å²) in [5, 5.41) is 9.25. The van der Waals surface area contributed by atoms with E-state index in [0.717, 1.165) is 0 Å². The van der Waals surface area contributed by atoms with Crippen molar-refractivity contribution in [2.24, 2.45) is 0 Å². The van der Waals surface area contributed by atoms with Crippen molar-refractivity contribution in [2.75, 3.05) is 6.61 Å². The van der Waals surface area contributed by atoms with Crippen molar-refractivity contribution in [3.8, 4) is 0 Å². The van der Waals surface area contributed by atoms with Crippen LogP contribution in [-0.2, 0) is 11.3 Å². The van der Waals surface area contributed by atoms with Gasteiger partial charge in [-0.25, -0.2) is 4.79 Å². The summed E-state index contributed by atoms with van der Waals surface area (Å²) >= 11 is 5.67. The Morgan fingerprint density at radius 3 is 3.00 bits per heavy atom. The van der Waals surface area contributed by atoms with E-state index in [1.54, 1.807) is 6.92 Å². The van der Waals surface area contributed by atoms with Crippen LogP contribution in [0, 0.1) is 0 Å². The summed E-state index contributed by atoms with van der Waals surface area (Å²) in [6.07, 6.45) is 1.37. The second kappa shape index (κ2) is 4.93. The highest BCUT2D eigenvalue weighted by Gasteiger charge is 2.13. The third kappa shape index (κ3) is 2.43. The fraction of sp³-hybridized carbons (Fsp3) is 0.333. The molecule has 0 saturated heterocycles. The van der Waals surface area contributed by atoms with E-state index in [0.29, 0.717) is 5.02 Å². The highest BCUT2D eigenvalue weighted by Crippen LogP contribution is 2.14. The molecule has 0 spiro atoms. The van der Waals surface area contributed by atoms with Crippen LogP contribution in [0.1, 0.15) is 23.0 Å². The number of halogens is 1. The van der Waals surface area contributed by atoms with Crippen LogP contribution < -0.4 is 0 Å². The lowest BCUT2D eigenvalue weighted by Crippen LogP contribution is -2.09. The van der Waals surface area contributed by atoms with E-state index in [9.17, 15) is 4.79 Å². The Morgan fingerprint density at radius 2 is 2.43 bits per heavy atom. The van der Waals surface area contributed by atoms with Gasteiger partial charge in [0.25, 0.3) is 0 Å². The smallest absolute Gasteiger partial charge is 0.340 e. The van der Waals surface area contributed by atoms with Crippen LogP contribution in [0.5, 0.6) is 0 Å². The average Bonchev–Trinajstić information content (AvgIpc) is 2.18. The zero-order chi connectivity index (χ0) is 10.6. The first-order valence-electron chi connectivity index (χ1n) is 4.11. The molecule has 0 aromatic carbocycles. The van der Waals surface area contributed by atoms with Crippen LogP contribution in [0.3, 0.4) is 0 Å². The predicted molar refractivity (Wildman–Crippen MR) is 51.1 cm³/mol. The van der Waals surface area contributed by atoms with Gasteiger partial charge in [-0.2, -0.15) is 0 Å². The van der Waals surface area contributed by atoms with Gasteiger partial charge >= 0.3 is 5.97 Å². The molecule has 76 valence electrons. The van der Waals surface area contributed by atoms with Crippen molar-refractivity contribution < 1.29 is 14.6 Å². The van der Waals surface area contributed by atoms with Crippen molar-refractivity contribution in [1.29, 1.82) is 0 Å². The standard InChI is InChI=1S/C9H10ClNO3/c1-2-14-9(13)7-3-6(10)4-11-8(7)5-12/h3-4,12H,2,5H2,1H3. The fourth-order valence-corrected chi connectivity index (χ4v) is 1.14. The zero-order valence-corrected chi connectivity index (χ0v) is 8.41. The zero-order valence-electron chi connectivity index (χ0n) is 7.66. The lowest BCUT2D eigenvalue weighted by molar-refractivity contribution is 0.0522. The van der Waals surface area contributed by atoms with Crippen LogP contribution in [0.2, 0.25) is 5.02 Å². The molecule has 0 unspecified atom stereocenters. The summed E-state index contributed by atoms with van der Waals surface area (Å²) in [5.41, 5.74) is 0.481. The Kier molecular flexibility index (Phi) is 3.85. The van der Waals surface area contributed by atoms with Gasteiger partial charge < -0.3 is 9.84 Å². The topological polar surface area (TPSA) is 59.4 Å². The van der Waals surface area contributed by atoms with E-state index in [4.69, 9.17) is 21.4 Å². The minimum Gasteiger partial charge on any atom is -0.462 e. The molecule has 1 aromatic rings. The second-order valence-electron chi connectivity index (χ2n) is 2.53. The van der Waals surface area contributed by atoms with Crippen LogP contribution in [0.15, 0.2) is 12.3 Å². The van der Waals surface area contributed by atoms with E-state index in [1.165, 1.54) is 12.3 Å². The summed E-state index contributed by atoms with van der Waals surface area (Å²) in [5.74, 6) is -0.522. The Morgan fingerprint density at radius 1 is 1.71 bits per heavy atom. The number of aliphatic hydroxyl groups is 1. The first-order valence-corrected chi connectivity index (χ1v) is 4.49. The molecule has 5 heteroatoms. The Balaban J connectivity index is 3.03. The molecule has 0 aliphatic carbocycles. The van der Waals surface area contributed by atoms with Crippen molar-refractivity contribution in [1.82, 2.24) is 4.98 Å². The lowest BCUT2D eigenvalue weighted by Gasteiger charge is -2.05. The largest absolute Gasteiger partial charge is 0.462 e. The van der Waals surface area contributed by atoms with Gasteiger partial charge in [0.05, 0.1) is 29.5 Å². The molecule has 0 fully saturated rings. The third-order valence-corrected chi connectivity index (χ3v) is 1.79. The van der Waals surface area contributed by atoms with E-state index in [1.807, 2.05) is 0 Å². The molecule has 0 radical (unpaired) electrons. The number of esters is 1. The normalized spacial score (nSPS) is 9.93. The number of hydrogen-bond donors (Lipinski definition) is 1. The summed E-state index contributed by atoms with van der Waals surface area (Å²) in [4.78, 5) is 15.2. The number of ether oxygens (including phenoxy) is 1. The molecule has 1 N–H and O–H groups in total. The van der Waals surface area contributed by atoms with Crippen LogP contribution >= 0.6 is 11.6 Å². The molecule has 1 rings (SSSR count). The maximum atomic E-state index is 11.3. The van der Waals surface area contributed by atoms with Gasteiger partial charge in [0.15, 0.2) is 0 Å². The first kappa shape index (κ1) is 10.9. The molecule has 0 aliphatic heterocycles. The molecular formula is C9H10ClNO3. The van der Waals surface area contributed by atoms with Crippen molar-refractivity contribution in [2.45, 2.75) is 13.5 Å². The second-order valence-corrected chi connectivity index (χ2v) is 2.96. The van der Waals surface area contributed by atoms with Crippen LogP contribution in [0.25, 0.3) is 0 Å². The molecule has 0 amide bonds. The van der Waals surface area contributed by atoms with Gasteiger partial charge in [-0.15, -0.1) is 0 Å². The summed E-state index contributed by atoms with van der Waals surface area (Å²) in [6, 6.07) is 1.43. The summed E-state index contributed by atoms with van der Waals surface area (Å²) in [6.45, 7) is 1.66. The number of nitrogens with zero attached hydrogens (tertiary/aromatic N) is 1. The molecular weight excluding hydrogens is 206 g/mol. The number of aliphatic hydroxyl groups excluding tert-OH is 1. The van der Waals surface area contributed by atoms with E-state index in [2.05, 4.69) is 4.98 Å². The Labute approximate surface area is 86.5 Å². The number of rotatable bonds is 3. The van der Waals surface area contributed by atoms with Crippen molar-refractivity contribution in [3.05, 3.63) is 28.5 Å². The fourth-order valence-electron chi connectivity index (χ4n) is 0.979. The average molecular weight is 216 g/mol. The molecule has 14 heavy (non-hydrogen) atoms. The van der Waals surface area contributed by atoms with Gasteiger partial charge in [0, 0.05) is 6.20 Å². The Hall–Kier alpha value is -1.13. The van der Waals surface area contributed by atoms with Gasteiger partial charge in [-0.3, -0.25) is 4.98 Å². The first-order chi connectivity index (χ1) is 6.69. The number of pyridine rings is 1. The highest BCUT2D eigenvalue weighted by molar-refractivity contribution is 6.30. The molecule has 4 nitrogen and oxygen atoms in total. The third-order valence-electron chi connectivity index (χ3n) is 1.58. The minimum atomic E-state index is -0.522. The highest BCUT2D eigenvalue weighted by atomic mass is 35.5. The molecule has 1 aromatic heterocycles. The van der Waals surface area contributed by atoms with Gasteiger partial charge in [-0.1, -0.05) is 11.6 Å². The quantitative estimate of drug-likeness (QED) is 0.775. The maximum Gasteiger partial charge on any atom is 0.340 e. The molecule has 0 saturated carbocycles. The summed E-state index contributed by atoms with van der Waals surface area (Å²) in [7, 11) is 0. The van der Waals surface area contributed by atoms with Crippen molar-refractivity contribution >= 4 is 17.6 Å². The van der Waals surface area contributed by atoms with E-state index in [-0.39, 0.29) is 24.5 Å². The molecule has 0 atom stereocenters. The number of carbonyl (C=O) groups is 1. The van der Waals surface area contributed by atoms with Gasteiger partial charge in [0.2, 0.25) is 0 Å². The Bertz CT molecular complexity index is 341. The predicted octanol–water partition coefficient (Wildman–Crippen LogP) is 1.40. The van der Waals surface area contributed by atoms with Gasteiger partial charge in [0.1, 0.15) is 0 Å². The maximum absolute atomic E-state index is 11.3. The minimum absolute atomic E-state index is 0.210. The molecule has 0 aliphatic rings. The van der Waals surface area contributed by atoms with Crippen LogP contribution in [0.4, 0.5) is 0 Å². The number of hydrogen-bond acceptors (Lipinski definition) is 4. The monoisotopic (exact) mass is 215 g/mol. The van der Waals surface area contributed by atoms with E-state index < -0.39 is 5.97 Å². The van der Waals surface area contributed by atoms with Gasteiger partial charge in [-0.05, 0) is 13.0 Å². The molecule has 0 bridgehead atoms. The summed E-state index contributed by atoms with van der Waals surface area (Å²) < 4.78 is 4.78. The van der Waals surface area contributed by atoms with E-state index >= 15 is 0 Å².